The Bertz CT molecular complexity index is 999. The van der Waals surface area contributed by atoms with Crippen LogP contribution in [-0.4, -0.2) is 12.4 Å². The van der Waals surface area contributed by atoms with Crippen molar-refractivity contribution in [3.05, 3.63) is 95.6 Å². The lowest BCUT2D eigenvalue weighted by Gasteiger charge is -2.13. The van der Waals surface area contributed by atoms with Gasteiger partial charge in [-0.25, -0.2) is 4.79 Å². The maximum Gasteiger partial charge on any atom is 0.347 e. The predicted octanol–water partition coefficient (Wildman–Crippen LogP) is 4.47. The number of allylic oxidation sites excluding steroid dienone is 4. The maximum atomic E-state index is 13.1. The second-order valence-corrected chi connectivity index (χ2v) is 6.15. The van der Waals surface area contributed by atoms with Crippen molar-refractivity contribution in [2.45, 2.75) is 13.8 Å². The van der Waals surface area contributed by atoms with E-state index in [0.717, 1.165) is 0 Å². The van der Waals surface area contributed by atoms with Crippen LogP contribution in [0.5, 0.6) is 0 Å². The molecule has 0 atom stereocenters. The molecule has 154 valence electrons. The Morgan fingerprint density at radius 2 is 1.43 bits per heavy atom. The summed E-state index contributed by atoms with van der Waals surface area (Å²) in [5.41, 5.74) is 13.9. The minimum absolute atomic E-state index is 0.0655. The van der Waals surface area contributed by atoms with Crippen molar-refractivity contribution in [2.24, 2.45) is 0 Å². The van der Waals surface area contributed by atoms with E-state index in [-0.39, 0.29) is 17.8 Å². The Morgan fingerprint density at radius 3 is 1.93 bits per heavy atom. The van der Waals surface area contributed by atoms with Crippen molar-refractivity contribution in [3.8, 4) is 0 Å². The van der Waals surface area contributed by atoms with Gasteiger partial charge in [0.15, 0.2) is 5.76 Å². The van der Waals surface area contributed by atoms with Gasteiger partial charge in [0.2, 0.25) is 0 Å². The first-order valence-electron chi connectivity index (χ1n) is 9.24. The Hall–Kier alpha value is -4.06. The molecule has 0 aromatic heterocycles. The molecule has 0 unspecified atom stereocenters. The molecule has 2 rings (SSSR count). The number of benzene rings is 2. The SMILES string of the molecule is C/C=C/C=C(/OC(=O)C(/C=C/C)=C(\OC=O)c1ccc(N)cc1)c1ccc(N)cc1. The molecule has 0 aliphatic carbocycles. The van der Waals surface area contributed by atoms with Gasteiger partial charge in [-0.2, -0.15) is 0 Å². The summed E-state index contributed by atoms with van der Waals surface area (Å²) in [6.07, 6.45) is 8.40. The lowest BCUT2D eigenvalue weighted by Crippen LogP contribution is -2.10. The van der Waals surface area contributed by atoms with Crippen molar-refractivity contribution in [2.75, 3.05) is 11.5 Å². The quantitative estimate of drug-likeness (QED) is 0.168. The molecule has 4 N–H and O–H groups in total. The summed E-state index contributed by atoms with van der Waals surface area (Å²) in [6, 6.07) is 13.5. The Labute approximate surface area is 175 Å². The van der Waals surface area contributed by atoms with Gasteiger partial charge in [-0.15, -0.1) is 0 Å². The third-order valence-corrected chi connectivity index (χ3v) is 3.97. The average molecular weight is 404 g/mol. The van der Waals surface area contributed by atoms with Crippen LogP contribution in [0.25, 0.3) is 11.5 Å². The van der Waals surface area contributed by atoms with Gasteiger partial charge in [0, 0.05) is 22.5 Å². The fraction of sp³-hybridized carbons (Fsp3) is 0.0833. The molecule has 30 heavy (non-hydrogen) atoms. The van der Waals surface area contributed by atoms with Crippen LogP contribution >= 0.6 is 0 Å². The minimum atomic E-state index is -0.686. The van der Waals surface area contributed by atoms with Crippen LogP contribution in [0.2, 0.25) is 0 Å². The fourth-order valence-corrected chi connectivity index (χ4v) is 2.55. The molecular formula is C24H24N2O4. The van der Waals surface area contributed by atoms with Gasteiger partial charge in [0.05, 0.1) is 0 Å². The van der Waals surface area contributed by atoms with Gasteiger partial charge in [0.1, 0.15) is 11.3 Å². The number of rotatable bonds is 8. The number of esters is 1. The molecule has 0 spiro atoms. The first kappa shape index (κ1) is 22.2. The highest BCUT2D eigenvalue weighted by Gasteiger charge is 2.20. The predicted molar refractivity (Wildman–Crippen MR) is 119 cm³/mol. The highest BCUT2D eigenvalue weighted by molar-refractivity contribution is 6.02. The third-order valence-electron chi connectivity index (χ3n) is 3.97. The summed E-state index contributed by atoms with van der Waals surface area (Å²) < 4.78 is 10.8. The molecule has 0 fully saturated rings. The van der Waals surface area contributed by atoms with E-state index in [0.29, 0.717) is 28.3 Å². The molecule has 0 amide bonds. The molecule has 0 aliphatic heterocycles. The Kier molecular flexibility index (Phi) is 8.20. The number of carbonyl (C=O) groups is 2. The van der Waals surface area contributed by atoms with E-state index in [4.69, 9.17) is 20.9 Å². The maximum absolute atomic E-state index is 13.1. The van der Waals surface area contributed by atoms with Gasteiger partial charge in [-0.05, 0) is 74.5 Å². The Balaban J connectivity index is 2.51. The van der Waals surface area contributed by atoms with Crippen LogP contribution in [0.15, 0.2) is 84.5 Å². The largest absolute Gasteiger partial charge is 0.427 e. The van der Waals surface area contributed by atoms with E-state index in [1.165, 1.54) is 6.08 Å². The minimum Gasteiger partial charge on any atom is -0.427 e. The fourth-order valence-electron chi connectivity index (χ4n) is 2.55. The third kappa shape index (κ3) is 5.97. The van der Waals surface area contributed by atoms with E-state index >= 15 is 0 Å². The number of nitrogens with two attached hydrogens (primary N) is 2. The number of nitrogen functional groups attached to an aromatic ring is 2. The van der Waals surface area contributed by atoms with Gasteiger partial charge >= 0.3 is 5.97 Å². The normalized spacial score (nSPS) is 12.7. The standard InChI is InChI=1S/C24H24N2O4/c1-3-5-7-22(17-8-12-19(25)13-9-17)30-24(28)21(6-4-2)23(29-16-27)18-10-14-20(26)15-11-18/h3-16H,25-26H2,1-2H3/b5-3+,6-4+,22-7+,23-21-. The topological polar surface area (TPSA) is 105 Å². The summed E-state index contributed by atoms with van der Waals surface area (Å²) >= 11 is 0. The Morgan fingerprint density at radius 1 is 0.867 bits per heavy atom. The highest BCUT2D eigenvalue weighted by atomic mass is 16.5. The second kappa shape index (κ2) is 11.1. The lowest BCUT2D eigenvalue weighted by atomic mass is 10.1. The van der Waals surface area contributed by atoms with Crippen LogP contribution in [0, 0.1) is 0 Å². The summed E-state index contributed by atoms with van der Waals surface area (Å²) in [5.74, 6) is -0.298. The summed E-state index contributed by atoms with van der Waals surface area (Å²) in [7, 11) is 0. The molecule has 0 saturated heterocycles. The van der Waals surface area contributed by atoms with Crippen LogP contribution in [0.4, 0.5) is 11.4 Å². The molecule has 6 nitrogen and oxygen atoms in total. The average Bonchev–Trinajstić information content (AvgIpc) is 2.75. The highest BCUT2D eigenvalue weighted by Crippen LogP contribution is 2.26. The number of carbonyl (C=O) groups excluding carboxylic acids is 2. The van der Waals surface area contributed by atoms with Crippen LogP contribution in [0.3, 0.4) is 0 Å². The summed E-state index contributed by atoms with van der Waals surface area (Å²) in [5, 5.41) is 0. The van der Waals surface area contributed by atoms with E-state index in [2.05, 4.69) is 0 Å². The van der Waals surface area contributed by atoms with E-state index < -0.39 is 5.97 Å². The molecule has 0 radical (unpaired) electrons. The number of anilines is 2. The number of ether oxygens (including phenoxy) is 2. The van der Waals surface area contributed by atoms with Crippen molar-refractivity contribution in [1.29, 1.82) is 0 Å². The lowest BCUT2D eigenvalue weighted by molar-refractivity contribution is -0.132. The molecular weight excluding hydrogens is 380 g/mol. The molecule has 2 aromatic carbocycles. The molecule has 0 bridgehead atoms. The van der Waals surface area contributed by atoms with E-state index in [1.807, 2.05) is 13.0 Å². The van der Waals surface area contributed by atoms with Crippen molar-refractivity contribution in [1.82, 2.24) is 0 Å². The van der Waals surface area contributed by atoms with Gasteiger partial charge in [-0.3, -0.25) is 4.79 Å². The van der Waals surface area contributed by atoms with Crippen LogP contribution < -0.4 is 11.5 Å². The number of hydrogen-bond donors (Lipinski definition) is 2. The monoisotopic (exact) mass is 404 g/mol. The molecule has 0 heterocycles. The second-order valence-electron chi connectivity index (χ2n) is 6.15. The van der Waals surface area contributed by atoms with Crippen LogP contribution in [-0.2, 0) is 19.1 Å². The molecule has 2 aromatic rings. The van der Waals surface area contributed by atoms with Crippen molar-refractivity contribution < 1.29 is 19.1 Å². The van der Waals surface area contributed by atoms with Crippen molar-refractivity contribution >= 4 is 35.3 Å². The first-order valence-corrected chi connectivity index (χ1v) is 9.24. The summed E-state index contributed by atoms with van der Waals surface area (Å²) in [6.45, 7) is 3.85. The van der Waals surface area contributed by atoms with Crippen LogP contribution in [0.1, 0.15) is 25.0 Å². The smallest absolute Gasteiger partial charge is 0.347 e. The zero-order valence-corrected chi connectivity index (χ0v) is 16.9. The number of hydrogen-bond acceptors (Lipinski definition) is 6. The molecule has 0 saturated carbocycles. The van der Waals surface area contributed by atoms with Gasteiger partial charge < -0.3 is 20.9 Å². The van der Waals surface area contributed by atoms with Crippen molar-refractivity contribution in [3.63, 3.8) is 0 Å². The summed E-state index contributed by atoms with van der Waals surface area (Å²) in [4.78, 5) is 24.2. The van der Waals surface area contributed by atoms with E-state index in [9.17, 15) is 9.59 Å². The zero-order chi connectivity index (χ0) is 21.9. The van der Waals surface area contributed by atoms with E-state index in [1.54, 1.807) is 73.7 Å². The molecule has 6 heteroatoms. The van der Waals surface area contributed by atoms with Gasteiger partial charge in [-0.1, -0.05) is 18.2 Å². The molecule has 0 aliphatic rings. The van der Waals surface area contributed by atoms with Gasteiger partial charge in [0.25, 0.3) is 6.47 Å². The zero-order valence-electron chi connectivity index (χ0n) is 16.9. The first-order chi connectivity index (χ1) is 14.5.